The summed E-state index contributed by atoms with van der Waals surface area (Å²) in [5.74, 6) is -2.41. The molecule has 1 N–H and O–H groups in total. The molecule has 0 heterocycles. The zero-order valence-corrected chi connectivity index (χ0v) is 27.3. The van der Waals surface area contributed by atoms with Gasteiger partial charge in [0.2, 0.25) is 0 Å². The third-order valence-corrected chi connectivity index (χ3v) is 6.84. The number of ether oxygens (including phenoxy) is 2. The van der Waals surface area contributed by atoms with Gasteiger partial charge in [0.1, 0.15) is 17.4 Å². The van der Waals surface area contributed by atoms with Gasteiger partial charge in [-0.15, -0.1) is 0 Å². The van der Waals surface area contributed by atoms with Crippen molar-refractivity contribution in [2.24, 2.45) is 11.8 Å². The standard InChI is InChI=1S/C38H54O6/c1-5-7-8-9-10-11-12-13-14-15-16-17-18-19-20-21-22-25-28-43-35(6-2)34(39)30-32(29-31(3)4)38(42)44-36-27-24-23-26-33(36)37(40)41/h7-8,10-11,13-14,16-17,19-20,23-24,26-27,31-32,35H,5-6,9,12,15,18,21-22,25,28-30H2,1-4H3,(H,40,41)/b8-7-,11-10-,14-13-,17-16-,20-19-/t32-,35?/m1/s1. The van der Waals surface area contributed by atoms with Crippen LogP contribution in [0.1, 0.15) is 109 Å². The Balaban J connectivity index is 2.35. The Morgan fingerprint density at radius 1 is 0.795 bits per heavy atom. The SMILES string of the molecule is CC/C=C\C/C=C\C/C=C\C/C=C\C/C=C\CCCCOC(CC)C(=O)C[C@@H](CC(C)C)C(=O)Oc1ccccc1C(=O)O. The fraction of sp³-hybridized carbons (Fsp3) is 0.500. The number of Topliss-reactive ketones (excluding diaryl/α,β-unsaturated/α-hetero) is 1. The van der Waals surface area contributed by atoms with Crippen molar-refractivity contribution in [2.45, 2.75) is 104 Å². The van der Waals surface area contributed by atoms with Gasteiger partial charge in [-0.25, -0.2) is 4.79 Å². The maximum absolute atomic E-state index is 13.1. The molecular weight excluding hydrogens is 552 g/mol. The summed E-state index contributed by atoms with van der Waals surface area (Å²) in [5, 5.41) is 9.39. The molecule has 0 aliphatic rings. The second kappa shape index (κ2) is 24.9. The predicted molar refractivity (Wildman–Crippen MR) is 180 cm³/mol. The van der Waals surface area contributed by atoms with Gasteiger partial charge in [-0.1, -0.05) is 101 Å². The summed E-state index contributed by atoms with van der Waals surface area (Å²) in [6.07, 6.45) is 30.0. The highest BCUT2D eigenvalue weighted by Crippen LogP contribution is 2.24. The highest BCUT2D eigenvalue weighted by Gasteiger charge is 2.29. The molecule has 0 saturated carbocycles. The molecule has 2 atom stereocenters. The van der Waals surface area contributed by atoms with Gasteiger partial charge < -0.3 is 14.6 Å². The number of rotatable bonds is 24. The van der Waals surface area contributed by atoms with E-state index in [1.54, 1.807) is 12.1 Å². The zero-order valence-electron chi connectivity index (χ0n) is 27.3. The number of benzene rings is 1. The van der Waals surface area contributed by atoms with Crippen molar-refractivity contribution in [3.63, 3.8) is 0 Å². The molecule has 242 valence electrons. The van der Waals surface area contributed by atoms with Crippen LogP contribution in [0.25, 0.3) is 0 Å². The second-order valence-electron chi connectivity index (χ2n) is 11.2. The van der Waals surface area contributed by atoms with Crippen molar-refractivity contribution >= 4 is 17.7 Å². The predicted octanol–water partition coefficient (Wildman–Crippen LogP) is 9.63. The lowest BCUT2D eigenvalue weighted by molar-refractivity contribution is -0.144. The molecule has 0 saturated heterocycles. The first-order valence-corrected chi connectivity index (χ1v) is 16.2. The average molecular weight is 607 g/mol. The molecular formula is C38H54O6. The number of hydrogen-bond acceptors (Lipinski definition) is 5. The fourth-order valence-corrected chi connectivity index (χ4v) is 4.53. The van der Waals surface area contributed by atoms with Crippen molar-refractivity contribution in [2.75, 3.05) is 6.61 Å². The maximum atomic E-state index is 13.1. The lowest BCUT2D eigenvalue weighted by Gasteiger charge is -2.21. The van der Waals surface area contributed by atoms with Gasteiger partial charge in [0.05, 0.1) is 5.92 Å². The van der Waals surface area contributed by atoms with E-state index in [9.17, 15) is 19.5 Å². The Bertz CT molecular complexity index is 1110. The first-order valence-electron chi connectivity index (χ1n) is 16.2. The lowest BCUT2D eigenvalue weighted by Crippen LogP contribution is -2.31. The van der Waals surface area contributed by atoms with Gasteiger partial charge in [-0.05, 0) is 82.3 Å². The summed E-state index contributed by atoms with van der Waals surface area (Å²) in [7, 11) is 0. The lowest BCUT2D eigenvalue weighted by atomic mass is 9.90. The number of carboxylic acids is 1. The van der Waals surface area contributed by atoms with Crippen LogP contribution in [0.3, 0.4) is 0 Å². The normalized spacial score (nSPS) is 13.7. The molecule has 6 heteroatoms. The van der Waals surface area contributed by atoms with E-state index in [0.29, 0.717) is 19.4 Å². The van der Waals surface area contributed by atoms with Crippen LogP contribution < -0.4 is 4.74 Å². The van der Waals surface area contributed by atoms with Gasteiger partial charge >= 0.3 is 11.9 Å². The molecule has 0 fully saturated rings. The summed E-state index contributed by atoms with van der Waals surface area (Å²) in [4.78, 5) is 37.5. The van der Waals surface area contributed by atoms with E-state index in [1.165, 1.54) is 12.1 Å². The first kappa shape index (κ1) is 38.5. The highest BCUT2D eigenvalue weighted by molar-refractivity contribution is 5.93. The molecule has 0 amide bonds. The number of para-hydroxylation sites is 1. The van der Waals surface area contributed by atoms with Crippen molar-refractivity contribution in [1.82, 2.24) is 0 Å². The number of carbonyl (C=O) groups excluding carboxylic acids is 2. The van der Waals surface area contributed by atoms with Crippen molar-refractivity contribution in [3.05, 3.63) is 90.6 Å². The molecule has 44 heavy (non-hydrogen) atoms. The minimum absolute atomic E-state index is 0.00476. The smallest absolute Gasteiger partial charge is 0.339 e. The number of carboxylic acid groups (broad SMARTS) is 1. The third-order valence-electron chi connectivity index (χ3n) is 6.84. The number of carbonyl (C=O) groups is 3. The Morgan fingerprint density at radius 2 is 1.36 bits per heavy atom. The van der Waals surface area contributed by atoms with E-state index in [1.807, 2.05) is 20.8 Å². The Hall–Kier alpha value is -3.51. The summed E-state index contributed by atoms with van der Waals surface area (Å²) in [6.45, 7) is 8.48. The molecule has 0 bridgehead atoms. The third kappa shape index (κ3) is 18.2. The quantitative estimate of drug-likeness (QED) is 0.0545. The zero-order chi connectivity index (χ0) is 32.4. The van der Waals surface area contributed by atoms with E-state index in [2.05, 4.69) is 67.7 Å². The van der Waals surface area contributed by atoms with E-state index >= 15 is 0 Å². The number of esters is 1. The van der Waals surface area contributed by atoms with Crippen LogP contribution in [0.2, 0.25) is 0 Å². The van der Waals surface area contributed by atoms with Crippen molar-refractivity contribution in [1.29, 1.82) is 0 Å². The van der Waals surface area contributed by atoms with E-state index < -0.39 is 24.0 Å². The topological polar surface area (TPSA) is 89.9 Å². The van der Waals surface area contributed by atoms with Gasteiger partial charge in [-0.3, -0.25) is 9.59 Å². The molecule has 1 rings (SSSR count). The number of aromatic carboxylic acids is 1. The average Bonchev–Trinajstić information content (AvgIpc) is 2.99. The van der Waals surface area contributed by atoms with Crippen LogP contribution in [0.5, 0.6) is 5.75 Å². The van der Waals surface area contributed by atoms with E-state index in [0.717, 1.165) is 51.4 Å². The van der Waals surface area contributed by atoms with Crippen LogP contribution in [0.15, 0.2) is 85.0 Å². The Morgan fingerprint density at radius 3 is 1.91 bits per heavy atom. The highest BCUT2D eigenvalue weighted by atomic mass is 16.5. The second-order valence-corrected chi connectivity index (χ2v) is 11.2. The Kier molecular flexibility index (Phi) is 21.8. The minimum Gasteiger partial charge on any atom is -0.478 e. The molecule has 6 nitrogen and oxygen atoms in total. The number of allylic oxidation sites excluding steroid dienone is 10. The molecule has 0 spiro atoms. The largest absolute Gasteiger partial charge is 0.478 e. The van der Waals surface area contributed by atoms with Crippen LogP contribution >= 0.6 is 0 Å². The number of unbranched alkanes of at least 4 members (excludes halogenated alkanes) is 2. The van der Waals surface area contributed by atoms with Crippen LogP contribution in [-0.2, 0) is 14.3 Å². The number of ketones is 1. The molecule has 0 radical (unpaired) electrons. The van der Waals surface area contributed by atoms with Gasteiger partial charge in [0, 0.05) is 13.0 Å². The Labute approximate surface area is 265 Å². The summed E-state index contributed by atoms with van der Waals surface area (Å²) in [5.41, 5.74) is -0.0881. The van der Waals surface area contributed by atoms with Crippen LogP contribution in [0.4, 0.5) is 0 Å². The van der Waals surface area contributed by atoms with Crippen LogP contribution in [0, 0.1) is 11.8 Å². The molecule has 0 aliphatic heterocycles. The summed E-state index contributed by atoms with van der Waals surface area (Å²) in [6, 6.07) is 6.02. The van der Waals surface area contributed by atoms with Crippen LogP contribution in [-0.4, -0.2) is 35.5 Å². The number of hydrogen-bond donors (Lipinski definition) is 1. The van der Waals surface area contributed by atoms with Crippen molar-refractivity contribution < 1.29 is 29.0 Å². The summed E-state index contributed by atoms with van der Waals surface area (Å²) < 4.78 is 11.4. The molecule has 0 aliphatic carbocycles. The van der Waals surface area contributed by atoms with E-state index in [4.69, 9.17) is 9.47 Å². The maximum Gasteiger partial charge on any atom is 0.339 e. The van der Waals surface area contributed by atoms with Crippen molar-refractivity contribution in [3.8, 4) is 5.75 Å². The fourth-order valence-electron chi connectivity index (χ4n) is 4.53. The van der Waals surface area contributed by atoms with Gasteiger partial charge in [-0.2, -0.15) is 0 Å². The first-order chi connectivity index (χ1) is 21.3. The van der Waals surface area contributed by atoms with Gasteiger partial charge in [0.15, 0.2) is 5.78 Å². The molecule has 0 aromatic heterocycles. The molecule has 1 aromatic rings. The monoisotopic (exact) mass is 606 g/mol. The molecule has 1 unspecified atom stereocenters. The minimum atomic E-state index is -1.18. The van der Waals surface area contributed by atoms with Gasteiger partial charge in [0.25, 0.3) is 0 Å². The summed E-state index contributed by atoms with van der Waals surface area (Å²) >= 11 is 0. The molecule has 1 aromatic carbocycles. The van der Waals surface area contributed by atoms with E-state index in [-0.39, 0.29) is 29.4 Å².